The maximum absolute atomic E-state index is 6.45. The molecule has 8 heteroatoms. The Morgan fingerprint density at radius 3 is 1.25 bits per heavy atom. The second-order valence-electron chi connectivity index (χ2n) is 6.35. The topological polar surface area (TPSA) is 36.9 Å². The van der Waals surface area contributed by atoms with E-state index in [2.05, 4.69) is 0 Å². The van der Waals surface area contributed by atoms with Gasteiger partial charge in [0.1, 0.15) is 0 Å². The van der Waals surface area contributed by atoms with Gasteiger partial charge in [-0.05, 0) is 46.5 Å². The molecule has 28 heavy (non-hydrogen) atoms. The van der Waals surface area contributed by atoms with Crippen LogP contribution in [0.15, 0.2) is 24.3 Å². The van der Waals surface area contributed by atoms with Crippen LogP contribution in [0.2, 0.25) is 0 Å². The molecule has 0 atom stereocenters. The summed E-state index contributed by atoms with van der Waals surface area (Å²) in [4.78, 5) is 0. The summed E-state index contributed by atoms with van der Waals surface area (Å²) in [5.74, 6) is 1.91. The van der Waals surface area contributed by atoms with Gasteiger partial charge >= 0.3 is 0 Å². The molecule has 0 aromatic heterocycles. The van der Waals surface area contributed by atoms with Crippen LogP contribution in [0.1, 0.15) is 34.1 Å². The van der Waals surface area contributed by atoms with Crippen LogP contribution in [0.3, 0.4) is 0 Å². The molecule has 2 aromatic rings. The van der Waals surface area contributed by atoms with Crippen molar-refractivity contribution in [2.75, 3.05) is 34.3 Å². The standard InChI is InChI=1S/C20H20Cl4O4/c1-25-15-5-10-12(7-17(15)27-3)19(20(22,23)24)13-8-18(28-4)16(26-2)6-11(13)14(10)9-21/h5-8,14,19H,9H2,1-4H3. The summed E-state index contributed by atoms with van der Waals surface area (Å²) in [7, 11) is 6.30. The maximum atomic E-state index is 6.45. The van der Waals surface area contributed by atoms with E-state index in [9.17, 15) is 0 Å². The Morgan fingerprint density at radius 1 is 0.679 bits per heavy atom. The zero-order valence-corrected chi connectivity index (χ0v) is 18.8. The van der Waals surface area contributed by atoms with Crippen molar-refractivity contribution in [3.63, 3.8) is 0 Å². The minimum Gasteiger partial charge on any atom is -0.493 e. The monoisotopic (exact) mass is 464 g/mol. The highest BCUT2D eigenvalue weighted by Crippen LogP contribution is 2.56. The number of hydrogen-bond donors (Lipinski definition) is 0. The zero-order chi connectivity index (χ0) is 20.6. The van der Waals surface area contributed by atoms with E-state index in [1.165, 1.54) is 0 Å². The molecule has 0 saturated carbocycles. The fraction of sp³-hybridized carbons (Fsp3) is 0.400. The van der Waals surface area contributed by atoms with Gasteiger partial charge in [0.05, 0.1) is 34.4 Å². The van der Waals surface area contributed by atoms with Gasteiger partial charge in [-0.3, -0.25) is 0 Å². The summed E-state index contributed by atoms with van der Waals surface area (Å²) in [6.07, 6.45) is 0. The molecule has 0 radical (unpaired) electrons. The summed E-state index contributed by atoms with van der Waals surface area (Å²) >= 11 is 25.7. The molecule has 0 heterocycles. The van der Waals surface area contributed by atoms with Gasteiger partial charge < -0.3 is 18.9 Å². The van der Waals surface area contributed by atoms with Crippen molar-refractivity contribution in [3.8, 4) is 23.0 Å². The summed E-state index contributed by atoms with van der Waals surface area (Å²) in [5, 5.41) is 0. The first kappa shape index (κ1) is 21.5. The molecule has 0 unspecified atom stereocenters. The molecule has 1 aliphatic rings. The van der Waals surface area contributed by atoms with Crippen LogP contribution in [0, 0.1) is 0 Å². The third kappa shape index (κ3) is 3.56. The van der Waals surface area contributed by atoms with Crippen molar-refractivity contribution in [2.24, 2.45) is 0 Å². The van der Waals surface area contributed by atoms with E-state index in [1.807, 2.05) is 24.3 Å². The molecule has 152 valence electrons. The smallest absolute Gasteiger partial charge is 0.201 e. The Bertz CT molecular complexity index is 816. The second kappa shape index (κ2) is 8.27. The van der Waals surface area contributed by atoms with Crippen LogP contribution in [-0.2, 0) is 0 Å². The molecule has 0 amide bonds. The number of alkyl halides is 4. The van der Waals surface area contributed by atoms with Crippen LogP contribution in [-0.4, -0.2) is 38.1 Å². The van der Waals surface area contributed by atoms with Gasteiger partial charge in [-0.25, -0.2) is 0 Å². The SMILES string of the molecule is COc1cc2c(cc1OC)C(C(Cl)(Cl)Cl)c1cc(OC)c(OC)cc1C2CCl. The lowest BCUT2D eigenvalue weighted by atomic mass is 9.73. The van der Waals surface area contributed by atoms with Crippen LogP contribution >= 0.6 is 46.4 Å². The molecule has 2 aromatic carbocycles. The minimum atomic E-state index is -1.61. The van der Waals surface area contributed by atoms with Gasteiger partial charge in [-0.15, -0.1) is 11.6 Å². The lowest BCUT2D eigenvalue weighted by Gasteiger charge is -2.37. The molecular weight excluding hydrogens is 446 g/mol. The lowest BCUT2D eigenvalue weighted by Crippen LogP contribution is -2.28. The van der Waals surface area contributed by atoms with Crippen molar-refractivity contribution in [2.45, 2.75) is 15.6 Å². The molecule has 0 fully saturated rings. The molecule has 0 aliphatic heterocycles. The first-order valence-electron chi connectivity index (χ1n) is 8.44. The summed E-state index contributed by atoms with van der Waals surface area (Å²) in [6.45, 7) is 0. The summed E-state index contributed by atoms with van der Waals surface area (Å²) < 4.78 is 20.3. The van der Waals surface area contributed by atoms with E-state index in [1.54, 1.807) is 28.4 Å². The van der Waals surface area contributed by atoms with E-state index in [4.69, 9.17) is 65.4 Å². The van der Waals surface area contributed by atoms with Crippen LogP contribution in [0.5, 0.6) is 23.0 Å². The fourth-order valence-corrected chi connectivity index (χ4v) is 4.82. The van der Waals surface area contributed by atoms with Crippen molar-refractivity contribution in [1.82, 2.24) is 0 Å². The van der Waals surface area contributed by atoms with Gasteiger partial charge in [0, 0.05) is 11.8 Å². The zero-order valence-electron chi connectivity index (χ0n) is 15.8. The Hall–Kier alpha value is -1.20. The first-order valence-corrected chi connectivity index (χ1v) is 10.1. The highest BCUT2D eigenvalue weighted by atomic mass is 35.6. The second-order valence-corrected chi connectivity index (χ2v) is 9.03. The predicted molar refractivity (Wildman–Crippen MR) is 114 cm³/mol. The van der Waals surface area contributed by atoms with Gasteiger partial charge in [0.15, 0.2) is 23.0 Å². The lowest BCUT2D eigenvalue weighted by molar-refractivity contribution is 0.352. The van der Waals surface area contributed by atoms with Crippen molar-refractivity contribution < 1.29 is 18.9 Å². The molecule has 1 aliphatic carbocycles. The van der Waals surface area contributed by atoms with Crippen molar-refractivity contribution in [1.29, 1.82) is 0 Å². The van der Waals surface area contributed by atoms with Gasteiger partial charge in [0.2, 0.25) is 3.79 Å². The highest BCUT2D eigenvalue weighted by molar-refractivity contribution is 6.68. The van der Waals surface area contributed by atoms with E-state index in [0.717, 1.165) is 22.3 Å². The Labute approximate surface area is 184 Å². The van der Waals surface area contributed by atoms with Crippen LogP contribution < -0.4 is 18.9 Å². The number of rotatable bonds is 5. The number of ether oxygens (including phenoxy) is 4. The minimum absolute atomic E-state index is 0.144. The summed E-state index contributed by atoms with van der Waals surface area (Å²) in [5.41, 5.74) is 3.48. The third-order valence-corrected chi connectivity index (χ3v) is 6.00. The van der Waals surface area contributed by atoms with Crippen molar-refractivity contribution in [3.05, 3.63) is 46.5 Å². The Kier molecular flexibility index (Phi) is 6.35. The Morgan fingerprint density at radius 2 is 1.00 bits per heavy atom. The summed E-state index contributed by atoms with van der Waals surface area (Å²) in [6, 6.07) is 7.48. The van der Waals surface area contributed by atoms with E-state index in [0.29, 0.717) is 28.9 Å². The highest BCUT2D eigenvalue weighted by Gasteiger charge is 2.44. The molecular formula is C20H20Cl4O4. The van der Waals surface area contributed by atoms with Gasteiger partial charge in [-0.1, -0.05) is 34.8 Å². The number of methoxy groups -OCH3 is 4. The Balaban J connectivity index is 2.37. The predicted octanol–water partition coefficient (Wildman–Crippen LogP) is 5.91. The van der Waals surface area contributed by atoms with Gasteiger partial charge in [0.25, 0.3) is 0 Å². The third-order valence-electron chi connectivity index (χ3n) is 5.03. The van der Waals surface area contributed by atoms with Crippen LogP contribution in [0.4, 0.5) is 0 Å². The van der Waals surface area contributed by atoms with Crippen LogP contribution in [0.25, 0.3) is 0 Å². The molecule has 4 nitrogen and oxygen atoms in total. The normalized spacial score (nSPS) is 18.1. The number of hydrogen-bond acceptors (Lipinski definition) is 4. The van der Waals surface area contributed by atoms with Gasteiger partial charge in [-0.2, -0.15) is 0 Å². The maximum Gasteiger partial charge on any atom is 0.201 e. The molecule has 3 rings (SSSR count). The molecule has 0 saturated heterocycles. The average molecular weight is 466 g/mol. The molecule has 0 bridgehead atoms. The first-order chi connectivity index (χ1) is 13.3. The molecule has 0 spiro atoms. The number of benzene rings is 2. The number of halogens is 4. The van der Waals surface area contributed by atoms with E-state index >= 15 is 0 Å². The van der Waals surface area contributed by atoms with E-state index < -0.39 is 9.71 Å². The van der Waals surface area contributed by atoms with E-state index in [-0.39, 0.29) is 5.92 Å². The van der Waals surface area contributed by atoms with Crippen molar-refractivity contribution >= 4 is 46.4 Å². The molecule has 0 N–H and O–H groups in total. The number of fused-ring (bicyclic) bond motifs is 2. The quantitative estimate of drug-likeness (QED) is 0.514. The largest absolute Gasteiger partial charge is 0.493 e. The average Bonchev–Trinajstić information content (AvgIpc) is 2.68. The fourth-order valence-electron chi connectivity index (χ4n) is 3.78.